The third kappa shape index (κ3) is 2.43. The monoisotopic (exact) mass is 243 g/mol. The van der Waals surface area contributed by atoms with Crippen LogP contribution in [-0.2, 0) is 4.79 Å². The maximum atomic E-state index is 12.0. The van der Waals surface area contributed by atoms with E-state index >= 15 is 0 Å². The van der Waals surface area contributed by atoms with Gasteiger partial charge in [0.2, 0.25) is 5.91 Å². The van der Waals surface area contributed by atoms with Crippen molar-refractivity contribution in [1.82, 2.24) is 0 Å². The van der Waals surface area contributed by atoms with Gasteiger partial charge in [0, 0.05) is 12.1 Å². The lowest BCUT2D eigenvalue weighted by atomic mass is 9.86. The normalized spacial score (nSPS) is 29.5. The minimum absolute atomic E-state index is 0.193. The van der Waals surface area contributed by atoms with Crippen molar-refractivity contribution in [3.8, 4) is 0 Å². The Labute approximate surface area is 109 Å². The fourth-order valence-electron chi connectivity index (χ4n) is 3.80. The number of fused-ring (bicyclic) bond motifs is 2. The summed E-state index contributed by atoms with van der Waals surface area (Å²) in [6, 6.07) is 8.03. The molecule has 1 amide bonds. The SMILES string of the molecule is Cc1cccc(NC(=O)C[C@@H]2C[C@@H]3CC[C@@H]2C3)c1. The number of carbonyl (C=O) groups excluding carboxylic acids is 1. The summed E-state index contributed by atoms with van der Waals surface area (Å²) in [5.41, 5.74) is 2.12. The van der Waals surface area contributed by atoms with Crippen molar-refractivity contribution in [3.63, 3.8) is 0 Å². The van der Waals surface area contributed by atoms with Gasteiger partial charge in [-0.2, -0.15) is 0 Å². The van der Waals surface area contributed by atoms with Crippen molar-refractivity contribution < 1.29 is 4.79 Å². The molecule has 18 heavy (non-hydrogen) atoms. The zero-order valence-corrected chi connectivity index (χ0v) is 11.0. The number of amides is 1. The molecule has 0 aromatic heterocycles. The van der Waals surface area contributed by atoms with Gasteiger partial charge in [0.25, 0.3) is 0 Å². The van der Waals surface area contributed by atoms with Crippen LogP contribution in [0.5, 0.6) is 0 Å². The van der Waals surface area contributed by atoms with Crippen LogP contribution in [0.25, 0.3) is 0 Å². The van der Waals surface area contributed by atoms with E-state index in [2.05, 4.69) is 5.32 Å². The Bertz CT molecular complexity index is 454. The smallest absolute Gasteiger partial charge is 0.224 e. The molecule has 0 spiro atoms. The highest BCUT2D eigenvalue weighted by molar-refractivity contribution is 5.90. The van der Waals surface area contributed by atoms with Crippen LogP contribution in [0.4, 0.5) is 5.69 Å². The van der Waals surface area contributed by atoms with Crippen LogP contribution in [0.1, 0.15) is 37.7 Å². The van der Waals surface area contributed by atoms with E-state index < -0.39 is 0 Å². The number of aryl methyl sites for hydroxylation is 1. The highest BCUT2D eigenvalue weighted by Gasteiger charge is 2.40. The fraction of sp³-hybridized carbons (Fsp3) is 0.562. The topological polar surface area (TPSA) is 29.1 Å². The zero-order chi connectivity index (χ0) is 12.5. The number of hydrogen-bond donors (Lipinski definition) is 1. The van der Waals surface area contributed by atoms with Crippen LogP contribution in [0.2, 0.25) is 0 Å². The van der Waals surface area contributed by atoms with Crippen molar-refractivity contribution in [2.24, 2.45) is 17.8 Å². The van der Waals surface area contributed by atoms with Gasteiger partial charge in [-0.15, -0.1) is 0 Å². The van der Waals surface area contributed by atoms with E-state index in [1.54, 1.807) is 0 Å². The fourth-order valence-corrected chi connectivity index (χ4v) is 3.80. The lowest BCUT2D eigenvalue weighted by molar-refractivity contribution is -0.117. The molecule has 0 heterocycles. The van der Waals surface area contributed by atoms with Gasteiger partial charge in [0.15, 0.2) is 0 Å². The van der Waals surface area contributed by atoms with Gasteiger partial charge in [-0.1, -0.05) is 18.6 Å². The molecule has 0 saturated heterocycles. The first kappa shape index (κ1) is 11.8. The lowest BCUT2D eigenvalue weighted by Crippen LogP contribution is -2.20. The van der Waals surface area contributed by atoms with Gasteiger partial charge < -0.3 is 5.32 Å². The maximum Gasteiger partial charge on any atom is 0.224 e. The molecule has 1 aromatic rings. The van der Waals surface area contributed by atoms with Crippen LogP contribution < -0.4 is 5.32 Å². The average Bonchev–Trinajstić information content (AvgIpc) is 2.90. The third-order valence-corrected chi connectivity index (χ3v) is 4.63. The quantitative estimate of drug-likeness (QED) is 0.860. The van der Waals surface area contributed by atoms with Crippen molar-refractivity contribution in [2.75, 3.05) is 5.32 Å². The number of rotatable bonds is 3. The second-order valence-electron chi connectivity index (χ2n) is 6.06. The summed E-state index contributed by atoms with van der Waals surface area (Å²) in [4.78, 5) is 12.0. The Morgan fingerprint density at radius 2 is 2.22 bits per heavy atom. The lowest BCUT2D eigenvalue weighted by Gasteiger charge is -2.20. The van der Waals surface area contributed by atoms with Crippen LogP contribution in [0.3, 0.4) is 0 Å². The van der Waals surface area contributed by atoms with Crippen LogP contribution in [0.15, 0.2) is 24.3 Å². The van der Waals surface area contributed by atoms with E-state index in [-0.39, 0.29) is 5.91 Å². The highest BCUT2D eigenvalue weighted by Crippen LogP contribution is 2.49. The minimum atomic E-state index is 0.193. The first-order chi connectivity index (χ1) is 8.70. The first-order valence-electron chi connectivity index (χ1n) is 7.07. The molecule has 2 heteroatoms. The van der Waals surface area contributed by atoms with Crippen LogP contribution in [0, 0.1) is 24.7 Å². The molecule has 96 valence electrons. The van der Waals surface area contributed by atoms with Gasteiger partial charge in [-0.05, 0) is 61.6 Å². The molecule has 2 fully saturated rings. The summed E-state index contributed by atoms with van der Waals surface area (Å²) in [6.45, 7) is 2.05. The molecule has 2 aliphatic carbocycles. The summed E-state index contributed by atoms with van der Waals surface area (Å²) >= 11 is 0. The maximum absolute atomic E-state index is 12.0. The van der Waals surface area contributed by atoms with Gasteiger partial charge in [-0.3, -0.25) is 4.79 Å². The van der Waals surface area contributed by atoms with Crippen molar-refractivity contribution in [1.29, 1.82) is 0 Å². The van der Waals surface area contributed by atoms with E-state index in [0.29, 0.717) is 5.92 Å². The molecule has 3 rings (SSSR count). The van der Waals surface area contributed by atoms with E-state index in [1.807, 2.05) is 31.2 Å². The Balaban J connectivity index is 1.56. The second kappa shape index (κ2) is 4.75. The third-order valence-electron chi connectivity index (χ3n) is 4.63. The minimum Gasteiger partial charge on any atom is -0.326 e. The molecule has 1 aromatic carbocycles. The first-order valence-corrected chi connectivity index (χ1v) is 7.07. The molecule has 0 unspecified atom stereocenters. The predicted octanol–water partition coefficient (Wildman–Crippen LogP) is 3.76. The molecule has 0 radical (unpaired) electrons. The average molecular weight is 243 g/mol. The summed E-state index contributed by atoms with van der Waals surface area (Å²) in [5.74, 6) is 2.59. The summed E-state index contributed by atoms with van der Waals surface area (Å²) < 4.78 is 0. The van der Waals surface area contributed by atoms with E-state index in [0.717, 1.165) is 23.9 Å². The standard InChI is InChI=1S/C16H21NO/c1-11-3-2-4-15(7-11)17-16(18)10-14-9-12-5-6-13(14)8-12/h2-4,7,12-14H,5-6,8-10H2,1H3,(H,17,18)/t12-,13-,14+/m1/s1. The van der Waals surface area contributed by atoms with Crippen LogP contribution in [-0.4, -0.2) is 5.91 Å². The Hall–Kier alpha value is -1.31. The van der Waals surface area contributed by atoms with Gasteiger partial charge in [0.1, 0.15) is 0 Å². The zero-order valence-electron chi connectivity index (χ0n) is 11.0. The number of hydrogen-bond acceptors (Lipinski definition) is 1. The van der Waals surface area contributed by atoms with E-state index in [9.17, 15) is 4.79 Å². The Morgan fingerprint density at radius 3 is 2.89 bits per heavy atom. The van der Waals surface area contributed by atoms with Crippen molar-refractivity contribution in [2.45, 2.75) is 39.0 Å². The van der Waals surface area contributed by atoms with E-state index in [4.69, 9.17) is 0 Å². The number of benzene rings is 1. The second-order valence-corrected chi connectivity index (χ2v) is 6.06. The molecule has 3 atom stereocenters. The van der Waals surface area contributed by atoms with Gasteiger partial charge in [0.05, 0.1) is 0 Å². The Kier molecular flexibility index (Phi) is 3.11. The molecule has 2 aliphatic rings. The summed E-state index contributed by atoms with van der Waals surface area (Å²) in [7, 11) is 0. The van der Waals surface area contributed by atoms with Crippen molar-refractivity contribution >= 4 is 11.6 Å². The largest absolute Gasteiger partial charge is 0.326 e. The molecule has 0 aliphatic heterocycles. The Morgan fingerprint density at radius 1 is 1.33 bits per heavy atom. The van der Waals surface area contributed by atoms with E-state index in [1.165, 1.54) is 31.2 Å². The molecule has 2 bridgehead atoms. The number of carbonyl (C=O) groups is 1. The highest BCUT2D eigenvalue weighted by atomic mass is 16.1. The van der Waals surface area contributed by atoms with Gasteiger partial charge in [-0.25, -0.2) is 0 Å². The molecule has 2 saturated carbocycles. The number of anilines is 1. The van der Waals surface area contributed by atoms with Gasteiger partial charge >= 0.3 is 0 Å². The van der Waals surface area contributed by atoms with Crippen molar-refractivity contribution in [3.05, 3.63) is 29.8 Å². The summed E-state index contributed by atoms with van der Waals surface area (Å²) in [5, 5.41) is 3.03. The number of nitrogens with one attached hydrogen (secondary N) is 1. The van der Waals surface area contributed by atoms with Crippen LogP contribution >= 0.6 is 0 Å². The molecular formula is C16H21NO. The molecule has 2 nitrogen and oxygen atoms in total. The predicted molar refractivity (Wildman–Crippen MR) is 73.4 cm³/mol. The molecule has 1 N–H and O–H groups in total. The molecular weight excluding hydrogens is 222 g/mol. The summed E-state index contributed by atoms with van der Waals surface area (Å²) in [6.07, 6.45) is 6.14.